The highest BCUT2D eigenvalue weighted by Gasteiger charge is 2.36. The molecule has 1 aliphatic heterocycles. The van der Waals surface area contributed by atoms with Gasteiger partial charge in [-0.1, -0.05) is 5.16 Å². The second-order valence-electron chi connectivity index (χ2n) is 5.80. The molecule has 0 aromatic carbocycles. The van der Waals surface area contributed by atoms with Crippen LogP contribution in [0.2, 0.25) is 0 Å². The Morgan fingerprint density at radius 2 is 2.09 bits per heavy atom. The van der Waals surface area contributed by atoms with E-state index in [1.165, 1.54) is 4.90 Å². The third kappa shape index (κ3) is 2.47. The lowest BCUT2D eigenvalue weighted by molar-refractivity contribution is -0.137. The minimum absolute atomic E-state index is 0.0986. The summed E-state index contributed by atoms with van der Waals surface area (Å²) in [5.74, 6) is 0.294. The molecule has 0 N–H and O–H groups in total. The Labute approximate surface area is 129 Å². The normalized spacial score (nSPS) is 17.4. The van der Waals surface area contributed by atoms with Gasteiger partial charge in [0.25, 0.3) is 5.91 Å². The fraction of sp³-hybridized carbons (Fsp3) is 0.400. The van der Waals surface area contributed by atoms with Gasteiger partial charge in [0.15, 0.2) is 0 Å². The van der Waals surface area contributed by atoms with Crippen LogP contribution in [-0.2, 0) is 12.6 Å². The Balaban J connectivity index is 1.61. The van der Waals surface area contributed by atoms with E-state index in [0.717, 1.165) is 30.8 Å². The monoisotopic (exact) mass is 323 g/mol. The van der Waals surface area contributed by atoms with Crippen LogP contribution in [-0.4, -0.2) is 22.6 Å². The van der Waals surface area contributed by atoms with Gasteiger partial charge in [-0.3, -0.25) is 9.69 Å². The average Bonchev–Trinajstić information content (AvgIpc) is 3.10. The maximum absolute atomic E-state index is 12.7. The standard InChI is InChI=1S/C15H12F3N3O2/c16-15(17,18)10-5-9-3-4-21(13(9)19-7-10)14(22)12-6-11(20-23-12)8-1-2-8/h5-8H,1-4H2. The topological polar surface area (TPSA) is 59.2 Å². The lowest BCUT2D eigenvalue weighted by atomic mass is 10.1. The van der Waals surface area contributed by atoms with E-state index in [0.29, 0.717) is 17.9 Å². The van der Waals surface area contributed by atoms with Crippen molar-refractivity contribution in [2.75, 3.05) is 11.4 Å². The molecule has 0 radical (unpaired) electrons. The molecule has 0 saturated heterocycles. The summed E-state index contributed by atoms with van der Waals surface area (Å²) in [6, 6.07) is 2.66. The maximum Gasteiger partial charge on any atom is 0.417 e. The van der Waals surface area contributed by atoms with Crippen molar-refractivity contribution in [2.24, 2.45) is 0 Å². The summed E-state index contributed by atoms with van der Waals surface area (Å²) in [6.45, 7) is 0.280. The van der Waals surface area contributed by atoms with Gasteiger partial charge in [0, 0.05) is 24.7 Å². The molecule has 2 aromatic heterocycles. The molecule has 23 heavy (non-hydrogen) atoms. The Kier molecular flexibility index (Phi) is 2.97. The van der Waals surface area contributed by atoms with E-state index in [1.54, 1.807) is 6.07 Å². The van der Waals surface area contributed by atoms with E-state index in [-0.39, 0.29) is 18.1 Å². The molecule has 8 heteroatoms. The number of amides is 1. The lowest BCUT2D eigenvalue weighted by Crippen LogP contribution is -2.29. The van der Waals surface area contributed by atoms with Gasteiger partial charge < -0.3 is 4.52 Å². The van der Waals surface area contributed by atoms with Gasteiger partial charge in [-0.25, -0.2) is 4.98 Å². The minimum atomic E-state index is -4.44. The molecule has 5 nitrogen and oxygen atoms in total. The van der Waals surface area contributed by atoms with Gasteiger partial charge in [0.2, 0.25) is 5.76 Å². The molecular weight excluding hydrogens is 311 g/mol. The minimum Gasteiger partial charge on any atom is -0.351 e. The SMILES string of the molecule is O=C(c1cc(C2CC2)no1)N1CCc2cc(C(F)(F)F)cnc21. The number of hydrogen-bond acceptors (Lipinski definition) is 4. The molecule has 2 aromatic rings. The number of rotatable bonds is 2. The van der Waals surface area contributed by atoms with Crippen LogP contribution in [0.5, 0.6) is 0 Å². The molecule has 2 aliphatic rings. The summed E-state index contributed by atoms with van der Waals surface area (Å²) in [7, 11) is 0. The fourth-order valence-corrected chi connectivity index (χ4v) is 2.72. The maximum atomic E-state index is 12.7. The number of hydrogen-bond donors (Lipinski definition) is 0. The summed E-state index contributed by atoms with van der Waals surface area (Å²) >= 11 is 0. The number of aromatic nitrogens is 2. The van der Waals surface area contributed by atoms with Crippen molar-refractivity contribution in [3.05, 3.63) is 40.9 Å². The Hall–Kier alpha value is -2.38. The van der Waals surface area contributed by atoms with Crippen LogP contribution in [0.25, 0.3) is 0 Å². The van der Waals surface area contributed by atoms with E-state index in [4.69, 9.17) is 4.52 Å². The van der Waals surface area contributed by atoms with E-state index >= 15 is 0 Å². The predicted octanol–water partition coefficient (Wildman–Crippen LogP) is 3.17. The number of anilines is 1. The second-order valence-corrected chi connectivity index (χ2v) is 5.80. The third-order valence-electron chi connectivity index (χ3n) is 4.11. The van der Waals surface area contributed by atoms with Gasteiger partial charge in [0.1, 0.15) is 5.82 Å². The molecule has 3 heterocycles. The van der Waals surface area contributed by atoms with Crippen LogP contribution < -0.4 is 4.90 Å². The summed E-state index contributed by atoms with van der Waals surface area (Å²) in [4.78, 5) is 17.6. The molecule has 1 fully saturated rings. The van der Waals surface area contributed by atoms with E-state index in [9.17, 15) is 18.0 Å². The highest BCUT2D eigenvalue weighted by atomic mass is 19.4. The van der Waals surface area contributed by atoms with Crippen molar-refractivity contribution in [3.63, 3.8) is 0 Å². The number of fused-ring (bicyclic) bond motifs is 1. The first-order valence-electron chi connectivity index (χ1n) is 7.28. The highest BCUT2D eigenvalue weighted by molar-refractivity contribution is 6.04. The number of halogens is 3. The number of alkyl halides is 3. The molecule has 1 aliphatic carbocycles. The zero-order chi connectivity index (χ0) is 16.2. The van der Waals surface area contributed by atoms with Crippen molar-refractivity contribution in [2.45, 2.75) is 31.4 Å². The van der Waals surface area contributed by atoms with Crippen LogP contribution in [0, 0.1) is 0 Å². The summed E-state index contributed by atoms with van der Waals surface area (Å²) in [5.41, 5.74) is 0.365. The number of pyridine rings is 1. The first-order valence-corrected chi connectivity index (χ1v) is 7.28. The third-order valence-corrected chi connectivity index (χ3v) is 4.11. The first kappa shape index (κ1) is 14.2. The molecule has 1 saturated carbocycles. The molecule has 0 atom stereocenters. The first-order chi connectivity index (χ1) is 10.9. The van der Waals surface area contributed by atoms with Crippen LogP contribution in [0.15, 0.2) is 22.9 Å². The van der Waals surface area contributed by atoms with E-state index in [2.05, 4.69) is 10.1 Å². The van der Waals surface area contributed by atoms with Gasteiger partial charge in [-0.2, -0.15) is 13.2 Å². The van der Waals surface area contributed by atoms with E-state index < -0.39 is 17.6 Å². The fourth-order valence-electron chi connectivity index (χ4n) is 2.72. The van der Waals surface area contributed by atoms with Crippen LogP contribution in [0.3, 0.4) is 0 Å². The summed E-state index contributed by atoms with van der Waals surface area (Å²) in [6.07, 6.45) is -1.28. The molecule has 4 rings (SSSR count). The van der Waals surface area contributed by atoms with Crippen molar-refractivity contribution in [1.29, 1.82) is 0 Å². The zero-order valence-corrected chi connectivity index (χ0v) is 11.9. The number of nitrogens with zero attached hydrogens (tertiary/aromatic N) is 3. The quantitative estimate of drug-likeness (QED) is 0.852. The Morgan fingerprint density at radius 1 is 1.30 bits per heavy atom. The van der Waals surface area contributed by atoms with Gasteiger partial charge in [-0.05, 0) is 30.9 Å². The molecule has 1 amide bonds. The lowest BCUT2D eigenvalue weighted by Gasteiger charge is -2.14. The van der Waals surface area contributed by atoms with Crippen molar-refractivity contribution in [3.8, 4) is 0 Å². The predicted molar refractivity (Wildman–Crippen MR) is 73.1 cm³/mol. The zero-order valence-electron chi connectivity index (χ0n) is 11.9. The molecular formula is C15H12F3N3O2. The van der Waals surface area contributed by atoms with Crippen LogP contribution in [0.1, 0.15) is 46.1 Å². The van der Waals surface area contributed by atoms with Crippen molar-refractivity contribution < 1.29 is 22.5 Å². The van der Waals surface area contributed by atoms with Crippen molar-refractivity contribution >= 4 is 11.7 Å². The average molecular weight is 323 g/mol. The summed E-state index contributed by atoms with van der Waals surface area (Å²) in [5, 5.41) is 3.88. The Morgan fingerprint density at radius 3 is 2.78 bits per heavy atom. The number of carbonyl (C=O) groups is 1. The molecule has 0 spiro atoms. The largest absolute Gasteiger partial charge is 0.417 e. The van der Waals surface area contributed by atoms with E-state index in [1.807, 2.05) is 0 Å². The van der Waals surface area contributed by atoms with Crippen LogP contribution >= 0.6 is 0 Å². The molecule has 0 unspecified atom stereocenters. The number of carbonyl (C=O) groups excluding carboxylic acids is 1. The van der Waals surface area contributed by atoms with Crippen molar-refractivity contribution in [1.82, 2.24) is 10.1 Å². The Bertz CT molecular complexity index is 781. The van der Waals surface area contributed by atoms with Gasteiger partial charge in [0.05, 0.1) is 11.3 Å². The molecule has 0 bridgehead atoms. The highest BCUT2D eigenvalue weighted by Crippen LogP contribution is 2.40. The van der Waals surface area contributed by atoms with Gasteiger partial charge >= 0.3 is 6.18 Å². The smallest absolute Gasteiger partial charge is 0.351 e. The summed E-state index contributed by atoms with van der Waals surface area (Å²) < 4.78 is 43.2. The molecule has 120 valence electrons. The second kappa shape index (κ2) is 4.81. The van der Waals surface area contributed by atoms with Crippen LogP contribution in [0.4, 0.5) is 19.0 Å². The van der Waals surface area contributed by atoms with Gasteiger partial charge in [-0.15, -0.1) is 0 Å².